The molecule has 0 bridgehead atoms. The van der Waals surface area contributed by atoms with E-state index in [0.717, 1.165) is 29.6 Å². The molecule has 14 heavy (non-hydrogen) atoms. The van der Waals surface area contributed by atoms with E-state index in [1.54, 1.807) is 0 Å². The van der Waals surface area contributed by atoms with Gasteiger partial charge in [-0.05, 0) is 36.0 Å². The first kappa shape index (κ1) is 12.1. The summed E-state index contributed by atoms with van der Waals surface area (Å²) < 4.78 is 0. The Morgan fingerprint density at radius 3 is 2.14 bits per heavy atom. The Hall–Kier alpha value is 0. The van der Waals surface area contributed by atoms with Crippen LogP contribution in [-0.4, -0.2) is 0 Å². The molecule has 0 heterocycles. The van der Waals surface area contributed by atoms with E-state index in [9.17, 15) is 0 Å². The van der Waals surface area contributed by atoms with Crippen LogP contribution in [0.25, 0.3) is 0 Å². The third-order valence-corrected chi connectivity index (χ3v) is 4.46. The van der Waals surface area contributed by atoms with Crippen molar-refractivity contribution in [3.8, 4) is 0 Å². The van der Waals surface area contributed by atoms with E-state index in [-0.39, 0.29) is 0 Å². The molecule has 1 fully saturated rings. The fourth-order valence-electron chi connectivity index (χ4n) is 3.02. The van der Waals surface area contributed by atoms with E-state index in [1.165, 1.54) is 25.7 Å². The van der Waals surface area contributed by atoms with Crippen molar-refractivity contribution < 1.29 is 0 Å². The molecule has 0 aromatic rings. The minimum Gasteiger partial charge on any atom is -0.0628 e. The Bertz CT molecular complexity index is 159. The van der Waals surface area contributed by atoms with Crippen LogP contribution in [0.2, 0.25) is 0 Å². The average Bonchev–Trinajstić information content (AvgIpc) is 2.11. The van der Waals surface area contributed by atoms with Gasteiger partial charge < -0.3 is 0 Å². The normalized spacial score (nSPS) is 39.0. The van der Waals surface area contributed by atoms with E-state index < -0.39 is 0 Å². The fourth-order valence-corrected chi connectivity index (χ4v) is 3.02. The molecule has 0 aliphatic heterocycles. The van der Waals surface area contributed by atoms with E-state index in [4.69, 9.17) is 0 Å². The molecule has 0 N–H and O–H groups in total. The first-order valence-corrected chi connectivity index (χ1v) is 6.52. The second-order valence-corrected chi connectivity index (χ2v) is 6.03. The molecule has 0 heteroatoms. The summed E-state index contributed by atoms with van der Waals surface area (Å²) in [6.07, 6.45) is 5.81. The maximum atomic E-state index is 2.48. The quantitative estimate of drug-likeness (QED) is 0.611. The van der Waals surface area contributed by atoms with Crippen LogP contribution in [-0.2, 0) is 0 Å². The Kier molecular flexibility index (Phi) is 4.47. The van der Waals surface area contributed by atoms with Gasteiger partial charge in [-0.1, -0.05) is 53.9 Å². The van der Waals surface area contributed by atoms with Crippen molar-refractivity contribution in [2.45, 2.75) is 60.3 Å². The molecule has 1 rings (SSSR count). The molecule has 0 aromatic heterocycles. The van der Waals surface area contributed by atoms with Gasteiger partial charge in [0.1, 0.15) is 0 Å². The summed E-state index contributed by atoms with van der Waals surface area (Å²) >= 11 is 0. The monoisotopic (exact) mass is 196 g/mol. The predicted octanol–water partition coefficient (Wildman–Crippen LogP) is 4.74. The van der Waals surface area contributed by atoms with Gasteiger partial charge in [-0.3, -0.25) is 0 Å². The van der Waals surface area contributed by atoms with Crippen molar-refractivity contribution in [2.24, 2.45) is 29.6 Å². The van der Waals surface area contributed by atoms with Gasteiger partial charge in [-0.2, -0.15) is 0 Å². The number of hydrogen-bond acceptors (Lipinski definition) is 0. The van der Waals surface area contributed by atoms with Crippen molar-refractivity contribution in [2.75, 3.05) is 0 Å². The third kappa shape index (κ3) is 3.00. The molecule has 1 aliphatic rings. The molecule has 0 saturated heterocycles. The SMILES string of the molecule is CC(C)CC[C@@H]1[C@H](C)C(C)CC[C@@H]1C. The van der Waals surface area contributed by atoms with Gasteiger partial charge in [0, 0.05) is 0 Å². The molecule has 1 saturated carbocycles. The van der Waals surface area contributed by atoms with Crippen LogP contribution in [0.3, 0.4) is 0 Å². The van der Waals surface area contributed by atoms with Crippen LogP contribution >= 0.6 is 0 Å². The highest BCUT2D eigenvalue weighted by atomic mass is 14.4. The van der Waals surface area contributed by atoms with Gasteiger partial charge in [0.15, 0.2) is 0 Å². The summed E-state index contributed by atoms with van der Waals surface area (Å²) in [5.74, 6) is 4.77. The molecule has 0 spiro atoms. The van der Waals surface area contributed by atoms with Gasteiger partial charge in [0.25, 0.3) is 0 Å². The molecule has 0 amide bonds. The maximum absolute atomic E-state index is 2.48. The highest BCUT2D eigenvalue weighted by Gasteiger charge is 2.31. The lowest BCUT2D eigenvalue weighted by Gasteiger charge is -2.39. The summed E-state index contributed by atoms with van der Waals surface area (Å²) in [4.78, 5) is 0. The fraction of sp³-hybridized carbons (Fsp3) is 1.00. The van der Waals surface area contributed by atoms with Gasteiger partial charge in [-0.25, -0.2) is 0 Å². The summed E-state index contributed by atoms with van der Waals surface area (Å²) in [5.41, 5.74) is 0. The van der Waals surface area contributed by atoms with E-state index in [2.05, 4.69) is 34.6 Å². The van der Waals surface area contributed by atoms with Gasteiger partial charge in [-0.15, -0.1) is 0 Å². The molecule has 0 radical (unpaired) electrons. The summed E-state index contributed by atoms with van der Waals surface area (Å²) in [5, 5.41) is 0. The van der Waals surface area contributed by atoms with Gasteiger partial charge in [0.05, 0.1) is 0 Å². The van der Waals surface area contributed by atoms with Crippen LogP contribution in [0.4, 0.5) is 0 Å². The van der Waals surface area contributed by atoms with E-state index in [0.29, 0.717) is 0 Å². The van der Waals surface area contributed by atoms with Crippen LogP contribution in [0.1, 0.15) is 60.3 Å². The predicted molar refractivity (Wildman–Crippen MR) is 64.3 cm³/mol. The molecule has 0 aromatic carbocycles. The van der Waals surface area contributed by atoms with Crippen molar-refractivity contribution in [1.29, 1.82) is 0 Å². The highest BCUT2D eigenvalue weighted by molar-refractivity contribution is 4.81. The summed E-state index contributed by atoms with van der Waals surface area (Å²) in [6, 6.07) is 0. The Morgan fingerprint density at radius 2 is 1.57 bits per heavy atom. The summed E-state index contributed by atoms with van der Waals surface area (Å²) in [6.45, 7) is 12.1. The first-order valence-electron chi connectivity index (χ1n) is 6.52. The van der Waals surface area contributed by atoms with Crippen molar-refractivity contribution in [1.82, 2.24) is 0 Å². The van der Waals surface area contributed by atoms with E-state index >= 15 is 0 Å². The van der Waals surface area contributed by atoms with E-state index in [1.807, 2.05) is 0 Å². The number of hydrogen-bond donors (Lipinski definition) is 0. The molecule has 4 atom stereocenters. The lowest BCUT2D eigenvalue weighted by atomic mass is 9.66. The lowest BCUT2D eigenvalue weighted by Crippen LogP contribution is -2.30. The third-order valence-electron chi connectivity index (χ3n) is 4.46. The molecule has 1 unspecified atom stereocenters. The smallest absolute Gasteiger partial charge is 0.0360 e. The second-order valence-electron chi connectivity index (χ2n) is 6.03. The van der Waals surface area contributed by atoms with Crippen LogP contribution in [0, 0.1) is 29.6 Å². The molecule has 84 valence electrons. The Labute approximate surface area is 90.5 Å². The van der Waals surface area contributed by atoms with Gasteiger partial charge >= 0.3 is 0 Å². The minimum atomic E-state index is 0.881. The minimum absolute atomic E-state index is 0.881. The molecular weight excluding hydrogens is 168 g/mol. The molecule has 1 aliphatic carbocycles. The van der Waals surface area contributed by atoms with Gasteiger partial charge in [0.2, 0.25) is 0 Å². The Morgan fingerprint density at radius 1 is 1.00 bits per heavy atom. The molecule has 0 nitrogen and oxygen atoms in total. The van der Waals surface area contributed by atoms with Crippen molar-refractivity contribution in [3.05, 3.63) is 0 Å². The highest BCUT2D eigenvalue weighted by Crippen LogP contribution is 2.41. The zero-order valence-electron chi connectivity index (χ0n) is 10.7. The summed E-state index contributed by atoms with van der Waals surface area (Å²) in [7, 11) is 0. The van der Waals surface area contributed by atoms with Crippen LogP contribution in [0.5, 0.6) is 0 Å². The Balaban J connectivity index is 2.45. The van der Waals surface area contributed by atoms with Crippen LogP contribution in [0.15, 0.2) is 0 Å². The zero-order valence-corrected chi connectivity index (χ0v) is 10.7. The zero-order chi connectivity index (χ0) is 10.7. The molecular formula is C14H28. The largest absolute Gasteiger partial charge is 0.0628 e. The number of rotatable bonds is 3. The second kappa shape index (κ2) is 5.19. The average molecular weight is 196 g/mol. The maximum Gasteiger partial charge on any atom is -0.0360 e. The first-order chi connectivity index (χ1) is 6.52. The van der Waals surface area contributed by atoms with Crippen molar-refractivity contribution >= 4 is 0 Å². The van der Waals surface area contributed by atoms with Crippen molar-refractivity contribution in [3.63, 3.8) is 0 Å². The lowest BCUT2D eigenvalue weighted by molar-refractivity contribution is 0.109. The van der Waals surface area contributed by atoms with Crippen LogP contribution < -0.4 is 0 Å². The standard InChI is InChI=1S/C14H28/c1-10(2)6-9-14-12(4)8-7-11(3)13(14)5/h10-14H,6-9H2,1-5H3/t11?,12-,13+,14-/m0/s1. The topological polar surface area (TPSA) is 0 Å².